The molecule has 2 rings (SSSR count). The lowest BCUT2D eigenvalue weighted by molar-refractivity contribution is -0.148. The van der Waals surface area contributed by atoms with Gasteiger partial charge in [0.25, 0.3) is 17.7 Å². The highest BCUT2D eigenvalue weighted by molar-refractivity contribution is 6.21. The molecule has 24 heavy (non-hydrogen) atoms. The standard InChI is InChI=1S/C17H20N2O5/c1-3-11(2)18-14(20)10-24-15(21)8-9-19-16(22)12-6-4-5-7-13(12)17(19)23/h4-7,11H,3,8-10H2,1-2H3,(H,18,20). The normalized spacial score (nSPS) is 14.3. The number of amides is 3. The molecule has 7 heteroatoms. The topological polar surface area (TPSA) is 92.8 Å². The van der Waals surface area contributed by atoms with Crippen LogP contribution in [0.15, 0.2) is 24.3 Å². The Labute approximate surface area is 140 Å². The monoisotopic (exact) mass is 332 g/mol. The van der Waals surface area contributed by atoms with E-state index in [4.69, 9.17) is 4.74 Å². The number of nitrogens with one attached hydrogen (secondary N) is 1. The van der Waals surface area contributed by atoms with E-state index in [1.54, 1.807) is 24.3 Å². The minimum atomic E-state index is -0.633. The summed E-state index contributed by atoms with van der Waals surface area (Å²) in [5.74, 6) is -1.85. The zero-order valence-corrected chi connectivity index (χ0v) is 13.7. The van der Waals surface area contributed by atoms with Crippen LogP contribution >= 0.6 is 0 Å². The molecule has 3 amide bonds. The minimum Gasteiger partial charge on any atom is -0.456 e. The van der Waals surface area contributed by atoms with E-state index in [1.165, 1.54) is 0 Å². The van der Waals surface area contributed by atoms with Crippen molar-refractivity contribution in [2.24, 2.45) is 0 Å². The summed E-state index contributed by atoms with van der Waals surface area (Å²) in [7, 11) is 0. The van der Waals surface area contributed by atoms with E-state index in [1.807, 2.05) is 13.8 Å². The van der Waals surface area contributed by atoms with Gasteiger partial charge in [0.1, 0.15) is 0 Å². The van der Waals surface area contributed by atoms with Gasteiger partial charge < -0.3 is 10.1 Å². The lowest BCUT2D eigenvalue weighted by Gasteiger charge is -2.14. The molecule has 128 valence electrons. The molecule has 1 aromatic rings. The first-order valence-electron chi connectivity index (χ1n) is 7.84. The lowest BCUT2D eigenvalue weighted by Crippen LogP contribution is -2.36. The van der Waals surface area contributed by atoms with Gasteiger partial charge in [-0.3, -0.25) is 24.1 Å². The number of carbonyl (C=O) groups excluding carboxylic acids is 4. The molecule has 0 spiro atoms. The van der Waals surface area contributed by atoms with Crippen molar-refractivity contribution in [3.8, 4) is 0 Å². The van der Waals surface area contributed by atoms with E-state index in [2.05, 4.69) is 5.32 Å². The summed E-state index contributed by atoms with van der Waals surface area (Å²) in [6.45, 7) is 3.34. The van der Waals surface area contributed by atoms with Gasteiger partial charge in [-0.15, -0.1) is 0 Å². The first-order valence-corrected chi connectivity index (χ1v) is 7.84. The predicted octanol–water partition coefficient (Wildman–Crippen LogP) is 1.13. The molecular formula is C17H20N2O5. The number of benzene rings is 1. The first kappa shape index (κ1) is 17.7. The number of carbonyl (C=O) groups is 4. The van der Waals surface area contributed by atoms with Gasteiger partial charge in [0, 0.05) is 12.6 Å². The lowest BCUT2D eigenvalue weighted by atomic mass is 10.1. The van der Waals surface area contributed by atoms with Crippen molar-refractivity contribution in [1.82, 2.24) is 10.2 Å². The Morgan fingerprint density at radius 2 is 1.75 bits per heavy atom. The third-order valence-corrected chi connectivity index (χ3v) is 3.80. The van der Waals surface area contributed by atoms with Gasteiger partial charge in [-0.2, -0.15) is 0 Å². The molecule has 0 saturated heterocycles. The van der Waals surface area contributed by atoms with Gasteiger partial charge in [-0.1, -0.05) is 19.1 Å². The zero-order valence-electron chi connectivity index (χ0n) is 13.7. The third kappa shape index (κ3) is 3.98. The molecule has 1 aliphatic heterocycles. The van der Waals surface area contributed by atoms with Crippen molar-refractivity contribution in [3.63, 3.8) is 0 Å². The van der Waals surface area contributed by atoms with Crippen LogP contribution in [0.5, 0.6) is 0 Å². The second-order valence-corrected chi connectivity index (χ2v) is 5.60. The molecule has 0 bridgehead atoms. The van der Waals surface area contributed by atoms with Crippen LogP contribution in [0.4, 0.5) is 0 Å². The Balaban J connectivity index is 1.80. The Hall–Kier alpha value is -2.70. The van der Waals surface area contributed by atoms with Crippen LogP contribution in [0.1, 0.15) is 47.4 Å². The number of hydrogen-bond acceptors (Lipinski definition) is 5. The fraction of sp³-hybridized carbons (Fsp3) is 0.412. The summed E-state index contributed by atoms with van der Waals surface area (Å²) in [4.78, 5) is 48.5. The molecule has 0 radical (unpaired) electrons. The van der Waals surface area contributed by atoms with Crippen LogP contribution in [-0.2, 0) is 14.3 Å². The quantitative estimate of drug-likeness (QED) is 0.597. The Morgan fingerprint density at radius 3 is 2.29 bits per heavy atom. The molecule has 1 aromatic carbocycles. The number of hydrogen-bond donors (Lipinski definition) is 1. The van der Waals surface area contributed by atoms with Crippen LogP contribution < -0.4 is 5.32 Å². The molecule has 0 aromatic heterocycles. The van der Waals surface area contributed by atoms with Gasteiger partial charge >= 0.3 is 5.97 Å². The average molecular weight is 332 g/mol. The largest absolute Gasteiger partial charge is 0.456 e. The van der Waals surface area contributed by atoms with Crippen LogP contribution in [0.25, 0.3) is 0 Å². The fourth-order valence-corrected chi connectivity index (χ4v) is 2.28. The molecule has 0 saturated carbocycles. The summed E-state index contributed by atoms with van der Waals surface area (Å²) < 4.78 is 4.86. The second-order valence-electron chi connectivity index (χ2n) is 5.60. The van der Waals surface area contributed by atoms with E-state index >= 15 is 0 Å². The second kappa shape index (κ2) is 7.72. The van der Waals surface area contributed by atoms with Crippen molar-refractivity contribution < 1.29 is 23.9 Å². The fourth-order valence-electron chi connectivity index (χ4n) is 2.28. The highest BCUT2D eigenvalue weighted by Crippen LogP contribution is 2.22. The highest BCUT2D eigenvalue weighted by Gasteiger charge is 2.35. The maximum atomic E-state index is 12.1. The SMILES string of the molecule is CCC(C)NC(=O)COC(=O)CCN1C(=O)c2ccccc2C1=O. The average Bonchev–Trinajstić information content (AvgIpc) is 2.82. The molecular weight excluding hydrogens is 312 g/mol. The van der Waals surface area contributed by atoms with E-state index in [9.17, 15) is 19.2 Å². The number of esters is 1. The Bertz CT molecular complexity index is 636. The summed E-state index contributed by atoms with van der Waals surface area (Å²) in [6.07, 6.45) is 0.626. The number of ether oxygens (including phenoxy) is 1. The minimum absolute atomic E-state index is 0.00884. The van der Waals surface area contributed by atoms with Crippen molar-refractivity contribution in [3.05, 3.63) is 35.4 Å². The van der Waals surface area contributed by atoms with Crippen LogP contribution in [-0.4, -0.2) is 47.8 Å². The van der Waals surface area contributed by atoms with E-state index in [0.29, 0.717) is 11.1 Å². The first-order chi connectivity index (χ1) is 11.4. The number of imide groups is 1. The summed E-state index contributed by atoms with van der Waals surface area (Å²) in [6, 6.07) is 6.52. The van der Waals surface area contributed by atoms with E-state index in [-0.39, 0.29) is 31.5 Å². The van der Waals surface area contributed by atoms with Crippen molar-refractivity contribution >= 4 is 23.7 Å². The van der Waals surface area contributed by atoms with E-state index in [0.717, 1.165) is 11.3 Å². The maximum Gasteiger partial charge on any atom is 0.308 e. The molecule has 7 nitrogen and oxygen atoms in total. The predicted molar refractivity (Wildman–Crippen MR) is 85.3 cm³/mol. The molecule has 0 fully saturated rings. The van der Waals surface area contributed by atoms with Crippen LogP contribution in [0.3, 0.4) is 0 Å². The molecule has 1 N–H and O–H groups in total. The molecule has 0 aliphatic carbocycles. The third-order valence-electron chi connectivity index (χ3n) is 3.80. The zero-order chi connectivity index (χ0) is 17.7. The van der Waals surface area contributed by atoms with Gasteiger partial charge in [0.2, 0.25) is 0 Å². The summed E-state index contributed by atoms with van der Waals surface area (Å²) in [5, 5.41) is 2.67. The van der Waals surface area contributed by atoms with Gasteiger partial charge in [-0.05, 0) is 25.5 Å². The Morgan fingerprint density at radius 1 is 1.17 bits per heavy atom. The van der Waals surface area contributed by atoms with Crippen LogP contribution in [0, 0.1) is 0 Å². The summed E-state index contributed by atoms with van der Waals surface area (Å²) in [5.41, 5.74) is 0.674. The maximum absolute atomic E-state index is 12.1. The highest BCUT2D eigenvalue weighted by atomic mass is 16.5. The van der Waals surface area contributed by atoms with Gasteiger partial charge in [-0.25, -0.2) is 0 Å². The smallest absolute Gasteiger partial charge is 0.308 e. The van der Waals surface area contributed by atoms with Gasteiger partial charge in [0.15, 0.2) is 6.61 Å². The van der Waals surface area contributed by atoms with Crippen molar-refractivity contribution in [1.29, 1.82) is 0 Å². The Kier molecular flexibility index (Phi) is 5.68. The van der Waals surface area contributed by atoms with E-state index < -0.39 is 17.8 Å². The molecule has 1 unspecified atom stereocenters. The number of fused-ring (bicyclic) bond motifs is 1. The van der Waals surface area contributed by atoms with Gasteiger partial charge in [0.05, 0.1) is 17.5 Å². The number of rotatable bonds is 7. The number of nitrogens with zero attached hydrogens (tertiary/aromatic N) is 1. The molecule has 1 aliphatic rings. The molecule has 1 atom stereocenters. The molecule has 1 heterocycles. The van der Waals surface area contributed by atoms with Crippen molar-refractivity contribution in [2.45, 2.75) is 32.7 Å². The van der Waals surface area contributed by atoms with Crippen molar-refractivity contribution in [2.75, 3.05) is 13.2 Å². The van der Waals surface area contributed by atoms with Crippen LogP contribution in [0.2, 0.25) is 0 Å². The summed E-state index contributed by atoms with van der Waals surface area (Å²) >= 11 is 0.